The maximum atomic E-state index is 10.3. The van der Waals surface area contributed by atoms with Gasteiger partial charge in [0.1, 0.15) is 22.3 Å². The number of hydrogen-bond donors (Lipinski definition) is 0. The molecule has 2 aromatic heterocycles. The summed E-state index contributed by atoms with van der Waals surface area (Å²) in [6.45, 7) is 0. The average molecular weight is 613 g/mol. The van der Waals surface area contributed by atoms with Crippen molar-refractivity contribution in [1.29, 1.82) is 10.5 Å². The van der Waals surface area contributed by atoms with Crippen LogP contribution in [0.2, 0.25) is 0 Å². The minimum Gasteiger partial charge on any atom is -0.455 e. The second-order valence-electron chi connectivity index (χ2n) is 11.9. The fourth-order valence-electron chi connectivity index (χ4n) is 6.92. The second kappa shape index (κ2) is 10.9. The minimum absolute atomic E-state index is 0.563. The summed E-state index contributed by atoms with van der Waals surface area (Å²) >= 11 is 0. The second-order valence-corrected chi connectivity index (χ2v) is 11.9. The molecule has 0 unspecified atom stereocenters. The molecular formula is C44H24N2O2. The highest BCUT2D eigenvalue weighted by atomic mass is 16.3. The van der Waals surface area contributed by atoms with E-state index in [1.807, 2.05) is 121 Å². The van der Waals surface area contributed by atoms with Crippen molar-refractivity contribution in [3.8, 4) is 56.6 Å². The van der Waals surface area contributed by atoms with E-state index in [9.17, 15) is 10.5 Å². The Balaban J connectivity index is 1.10. The fourth-order valence-corrected chi connectivity index (χ4v) is 6.92. The average Bonchev–Trinajstić information content (AvgIpc) is 3.73. The first-order chi connectivity index (χ1) is 23.7. The van der Waals surface area contributed by atoms with Crippen molar-refractivity contribution in [2.24, 2.45) is 0 Å². The van der Waals surface area contributed by atoms with Crippen molar-refractivity contribution in [2.75, 3.05) is 0 Å². The SMILES string of the molecule is N#Cc1cc(-c2cccc3c2oc2ccccc23)ccc1-c1cccc(-c2ccc(-c3cccc4c3oc3ccccc34)cc2C#N)c1. The van der Waals surface area contributed by atoms with E-state index in [1.165, 1.54) is 0 Å². The molecule has 0 saturated heterocycles. The van der Waals surface area contributed by atoms with Crippen LogP contribution in [-0.4, -0.2) is 0 Å². The number of rotatable bonds is 4. The highest BCUT2D eigenvalue weighted by molar-refractivity contribution is 6.10. The number of para-hydroxylation sites is 4. The Morgan fingerprint density at radius 3 is 1.25 bits per heavy atom. The number of nitrogens with zero attached hydrogens (tertiary/aromatic N) is 2. The lowest BCUT2D eigenvalue weighted by Crippen LogP contribution is -1.90. The molecule has 48 heavy (non-hydrogen) atoms. The molecule has 0 N–H and O–H groups in total. The Kier molecular flexibility index (Phi) is 6.22. The number of hydrogen-bond acceptors (Lipinski definition) is 4. The lowest BCUT2D eigenvalue weighted by Gasteiger charge is -2.12. The molecule has 0 atom stereocenters. The first-order valence-corrected chi connectivity index (χ1v) is 15.7. The Hall–Kier alpha value is -6.88. The molecule has 9 aromatic rings. The van der Waals surface area contributed by atoms with Crippen molar-refractivity contribution >= 4 is 43.9 Å². The fraction of sp³-hybridized carbons (Fsp3) is 0. The van der Waals surface area contributed by atoms with Gasteiger partial charge in [-0.1, -0.05) is 115 Å². The quantitative estimate of drug-likeness (QED) is 0.198. The molecule has 0 radical (unpaired) electrons. The van der Waals surface area contributed by atoms with Gasteiger partial charge in [0, 0.05) is 32.7 Å². The van der Waals surface area contributed by atoms with Crippen LogP contribution in [0, 0.1) is 22.7 Å². The summed E-state index contributed by atoms with van der Waals surface area (Å²) in [7, 11) is 0. The maximum Gasteiger partial charge on any atom is 0.143 e. The molecule has 4 nitrogen and oxygen atoms in total. The molecule has 7 aromatic carbocycles. The van der Waals surface area contributed by atoms with Crippen LogP contribution in [0.25, 0.3) is 88.4 Å². The highest BCUT2D eigenvalue weighted by Crippen LogP contribution is 2.40. The van der Waals surface area contributed by atoms with E-state index in [1.54, 1.807) is 0 Å². The third-order valence-electron chi connectivity index (χ3n) is 9.20. The Bertz CT molecular complexity index is 2630. The van der Waals surface area contributed by atoms with Crippen molar-refractivity contribution in [3.05, 3.63) is 157 Å². The van der Waals surface area contributed by atoms with Crippen molar-refractivity contribution < 1.29 is 8.83 Å². The summed E-state index contributed by atoms with van der Waals surface area (Å²) in [5.41, 5.74) is 11.6. The molecule has 4 heteroatoms. The van der Waals surface area contributed by atoms with Crippen LogP contribution >= 0.6 is 0 Å². The number of furan rings is 2. The van der Waals surface area contributed by atoms with E-state index < -0.39 is 0 Å². The zero-order chi connectivity index (χ0) is 32.2. The zero-order valence-corrected chi connectivity index (χ0v) is 25.6. The van der Waals surface area contributed by atoms with Crippen LogP contribution in [-0.2, 0) is 0 Å². The monoisotopic (exact) mass is 612 g/mol. The van der Waals surface area contributed by atoms with E-state index >= 15 is 0 Å². The molecule has 2 heterocycles. The summed E-state index contributed by atoms with van der Waals surface area (Å²) in [6, 6.07) is 53.1. The van der Waals surface area contributed by atoms with E-state index in [0.29, 0.717) is 11.1 Å². The van der Waals surface area contributed by atoms with Gasteiger partial charge in [-0.3, -0.25) is 0 Å². The predicted molar refractivity (Wildman–Crippen MR) is 192 cm³/mol. The van der Waals surface area contributed by atoms with Crippen LogP contribution in [0.5, 0.6) is 0 Å². The molecule has 0 aliphatic heterocycles. The van der Waals surface area contributed by atoms with E-state index in [2.05, 4.69) is 36.4 Å². The van der Waals surface area contributed by atoms with Crippen molar-refractivity contribution in [3.63, 3.8) is 0 Å². The van der Waals surface area contributed by atoms with Crippen LogP contribution in [0.3, 0.4) is 0 Å². The van der Waals surface area contributed by atoms with Crippen LogP contribution in [0.1, 0.15) is 11.1 Å². The Morgan fingerprint density at radius 2 is 0.771 bits per heavy atom. The predicted octanol–water partition coefficient (Wildman–Crippen LogP) is 11.9. The Labute approximate surface area is 275 Å². The molecule has 0 spiro atoms. The maximum absolute atomic E-state index is 10.3. The van der Waals surface area contributed by atoms with Gasteiger partial charge in [0.15, 0.2) is 0 Å². The number of fused-ring (bicyclic) bond motifs is 6. The lowest BCUT2D eigenvalue weighted by molar-refractivity contribution is 0.669. The molecule has 9 rings (SSSR count). The summed E-state index contributed by atoms with van der Waals surface area (Å²) < 4.78 is 12.5. The summed E-state index contributed by atoms with van der Waals surface area (Å²) in [6.07, 6.45) is 0. The van der Waals surface area contributed by atoms with Gasteiger partial charge >= 0.3 is 0 Å². The summed E-state index contributed by atoms with van der Waals surface area (Å²) in [5, 5.41) is 24.8. The largest absolute Gasteiger partial charge is 0.455 e. The molecule has 0 bridgehead atoms. The van der Waals surface area contributed by atoms with Gasteiger partial charge in [-0.2, -0.15) is 10.5 Å². The van der Waals surface area contributed by atoms with E-state index in [4.69, 9.17) is 8.83 Å². The van der Waals surface area contributed by atoms with Crippen molar-refractivity contribution in [1.82, 2.24) is 0 Å². The number of nitriles is 2. The minimum atomic E-state index is 0.563. The van der Waals surface area contributed by atoms with Gasteiger partial charge in [-0.15, -0.1) is 0 Å². The highest BCUT2D eigenvalue weighted by Gasteiger charge is 2.17. The van der Waals surface area contributed by atoms with Gasteiger partial charge in [-0.05, 0) is 63.7 Å². The Morgan fingerprint density at radius 1 is 0.354 bits per heavy atom. The van der Waals surface area contributed by atoms with E-state index in [0.717, 1.165) is 88.4 Å². The smallest absolute Gasteiger partial charge is 0.143 e. The summed E-state index contributed by atoms with van der Waals surface area (Å²) in [5.74, 6) is 0. The molecule has 0 fully saturated rings. The molecule has 0 saturated carbocycles. The number of benzene rings is 7. The van der Waals surface area contributed by atoms with Crippen LogP contribution < -0.4 is 0 Å². The van der Waals surface area contributed by atoms with Crippen LogP contribution in [0.15, 0.2) is 154 Å². The first-order valence-electron chi connectivity index (χ1n) is 15.7. The standard InChI is InChI=1S/C44H24N2O2/c45-25-31-23-29(35-12-6-14-39-37-10-1-3-16-41(37)47-43(35)39)18-20-33(31)27-8-5-9-28(22-27)34-21-19-30(24-32(34)26-46)36-13-7-15-40-38-11-2-4-17-42(38)48-44(36)40/h1-24H. The van der Waals surface area contributed by atoms with Gasteiger partial charge < -0.3 is 8.83 Å². The normalized spacial score (nSPS) is 11.3. The van der Waals surface area contributed by atoms with Crippen LogP contribution in [0.4, 0.5) is 0 Å². The third-order valence-corrected chi connectivity index (χ3v) is 9.20. The first kappa shape index (κ1) is 27.4. The summed E-state index contributed by atoms with van der Waals surface area (Å²) in [4.78, 5) is 0. The van der Waals surface area contributed by atoms with Crippen molar-refractivity contribution in [2.45, 2.75) is 0 Å². The van der Waals surface area contributed by atoms with Gasteiger partial charge in [-0.25, -0.2) is 0 Å². The molecular weight excluding hydrogens is 588 g/mol. The van der Waals surface area contributed by atoms with Gasteiger partial charge in [0.05, 0.1) is 23.3 Å². The van der Waals surface area contributed by atoms with Gasteiger partial charge in [0.2, 0.25) is 0 Å². The molecule has 222 valence electrons. The molecule has 0 aliphatic carbocycles. The molecule has 0 amide bonds. The lowest BCUT2D eigenvalue weighted by atomic mass is 9.91. The third kappa shape index (κ3) is 4.29. The van der Waals surface area contributed by atoms with Gasteiger partial charge in [0.25, 0.3) is 0 Å². The molecule has 0 aliphatic rings. The topological polar surface area (TPSA) is 73.9 Å². The van der Waals surface area contributed by atoms with E-state index in [-0.39, 0.29) is 0 Å². The zero-order valence-electron chi connectivity index (χ0n) is 25.6.